The van der Waals surface area contributed by atoms with E-state index in [-0.39, 0.29) is 29.4 Å². The molecule has 1 aromatic carbocycles. The lowest BCUT2D eigenvalue weighted by molar-refractivity contribution is -0.138. The topological polar surface area (TPSA) is 15.3 Å². The molecule has 0 amide bonds. The van der Waals surface area contributed by atoms with Crippen molar-refractivity contribution in [2.75, 3.05) is 26.2 Å². The molecule has 2 rings (SSSR count). The van der Waals surface area contributed by atoms with E-state index in [0.29, 0.717) is 26.2 Å². The second-order valence-electron chi connectivity index (χ2n) is 5.10. The average Bonchev–Trinajstić information content (AvgIpc) is 2.43. The van der Waals surface area contributed by atoms with Crippen LogP contribution in [0.4, 0.5) is 17.6 Å². The van der Waals surface area contributed by atoms with Crippen molar-refractivity contribution in [3.8, 4) is 0 Å². The van der Waals surface area contributed by atoms with Gasteiger partial charge in [0.05, 0.1) is 5.02 Å². The molecule has 1 aromatic rings. The Hall–Kier alpha value is -0.560. The first kappa shape index (κ1) is 19.5. The highest BCUT2D eigenvalue weighted by atomic mass is 35.5. The molecule has 0 aromatic heterocycles. The van der Waals surface area contributed by atoms with E-state index < -0.39 is 24.5 Å². The molecule has 22 heavy (non-hydrogen) atoms. The van der Waals surface area contributed by atoms with Gasteiger partial charge < -0.3 is 5.32 Å². The standard InChI is InChI=1S/C14H17ClF4N2.ClH/c15-11-3-1-2-10(13(11)16)12(4-5-14(17,18)19)21-8-6-20-7-9-21;/h1-3,12,20H,4-9H2;1H/t12-;/m0./s1. The Kier molecular flexibility index (Phi) is 7.38. The molecule has 2 nitrogen and oxygen atoms in total. The van der Waals surface area contributed by atoms with E-state index >= 15 is 0 Å². The lowest BCUT2D eigenvalue weighted by Gasteiger charge is -2.35. The maximum absolute atomic E-state index is 14.2. The lowest BCUT2D eigenvalue weighted by atomic mass is 9.98. The maximum Gasteiger partial charge on any atom is 0.389 e. The largest absolute Gasteiger partial charge is 0.389 e. The second kappa shape index (κ2) is 8.34. The van der Waals surface area contributed by atoms with Gasteiger partial charge in [-0.15, -0.1) is 12.4 Å². The summed E-state index contributed by atoms with van der Waals surface area (Å²) >= 11 is 5.76. The van der Waals surface area contributed by atoms with Gasteiger partial charge in [-0.2, -0.15) is 13.2 Å². The van der Waals surface area contributed by atoms with Crippen LogP contribution in [-0.2, 0) is 0 Å². The van der Waals surface area contributed by atoms with Crippen LogP contribution in [0, 0.1) is 5.82 Å². The van der Waals surface area contributed by atoms with Crippen LogP contribution >= 0.6 is 24.0 Å². The van der Waals surface area contributed by atoms with Crippen molar-refractivity contribution < 1.29 is 17.6 Å². The number of hydrogen-bond acceptors (Lipinski definition) is 2. The fraction of sp³-hybridized carbons (Fsp3) is 0.571. The van der Waals surface area contributed by atoms with Crippen LogP contribution < -0.4 is 5.32 Å². The second-order valence-corrected chi connectivity index (χ2v) is 5.51. The summed E-state index contributed by atoms with van der Waals surface area (Å²) in [6, 6.07) is 3.89. The zero-order valence-electron chi connectivity index (χ0n) is 11.8. The number of nitrogens with one attached hydrogen (secondary N) is 1. The Morgan fingerprint density at radius 2 is 1.86 bits per heavy atom. The first-order chi connectivity index (χ1) is 9.88. The zero-order chi connectivity index (χ0) is 15.5. The number of halogens is 6. The summed E-state index contributed by atoms with van der Waals surface area (Å²) in [5, 5.41) is 3.08. The van der Waals surface area contributed by atoms with Crippen molar-refractivity contribution in [3.63, 3.8) is 0 Å². The van der Waals surface area contributed by atoms with Crippen molar-refractivity contribution in [1.82, 2.24) is 10.2 Å². The van der Waals surface area contributed by atoms with Crippen molar-refractivity contribution in [2.24, 2.45) is 0 Å². The van der Waals surface area contributed by atoms with E-state index in [9.17, 15) is 17.6 Å². The molecule has 1 saturated heterocycles. The molecule has 0 radical (unpaired) electrons. The van der Waals surface area contributed by atoms with Crippen LogP contribution in [0.1, 0.15) is 24.4 Å². The molecule has 0 aliphatic carbocycles. The minimum atomic E-state index is -4.25. The molecule has 1 heterocycles. The molecule has 0 saturated carbocycles. The lowest BCUT2D eigenvalue weighted by Crippen LogP contribution is -2.45. The molecular weight excluding hydrogens is 343 g/mol. The maximum atomic E-state index is 14.2. The molecule has 0 unspecified atom stereocenters. The van der Waals surface area contributed by atoms with E-state index in [4.69, 9.17) is 11.6 Å². The predicted octanol–water partition coefficient (Wildman–Crippen LogP) is 4.19. The molecule has 126 valence electrons. The number of benzene rings is 1. The first-order valence-corrected chi connectivity index (χ1v) is 7.22. The van der Waals surface area contributed by atoms with Gasteiger partial charge in [-0.25, -0.2) is 4.39 Å². The summed E-state index contributed by atoms with van der Waals surface area (Å²) in [5.41, 5.74) is 0.244. The third-order valence-corrected chi connectivity index (χ3v) is 3.93. The van der Waals surface area contributed by atoms with Gasteiger partial charge in [0.2, 0.25) is 0 Å². The van der Waals surface area contributed by atoms with E-state index in [1.54, 1.807) is 6.07 Å². The van der Waals surface area contributed by atoms with Gasteiger partial charge in [0.1, 0.15) is 5.82 Å². The van der Waals surface area contributed by atoms with Crippen molar-refractivity contribution in [1.29, 1.82) is 0 Å². The Bertz CT molecular complexity index is 476. The number of alkyl halides is 3. The predicted molar refractivity (Wildman–Crippen MR) is 81.1 cm³/mol. The van der Waals surface area contributed by atoms with Crippen LogP contribution in [0.5, 0.6) is 0 Å². The van der Waals surface area contributed by atoms with Crippen molar-refractivity contribution >= 4 is 24.0 Å². The first-order valence-electron chi connectivity index (χ1n) is 6.84. The number of piperazine rings is 1. The van der Waals surface area contributed by atoms with Gasteiger partial charge in [-0.3, -0.25) is 4.90 Å². The summed E-state index contributed by atoms with van der Waals surface area (Å²) < 4.78 is 51.8. The molecular formula is C14H18Cl2F4N2. The summed E-state index contributed by atoms with van der Waals surface area (Å²) in [4.78, 5) is 1.89. The Labute approximate surface area is 138 Å². The molecule has 1 N–H and O–H groups in total. The third-order valence-electron chi connectivity index (χ3n) is 3.63. The average molecular weight is 361 g/mol. The highest BCUT2D eigenvalue weighted by molar-refractivity contribution is 6.30. The minimum Gasteiger partial charge on any atom is -0.314 e. The molecule has 0 bridgehead atoms. The summed E-state index contributed by atoms with van der Waals surface area (Å²) in [5.74, 6) is -0.620. The third kappa shape index (κ3) is 5.26. The van der Waals surface area contributed by atoms with Gasteiger partial charge >= 0.3 is 6.18 Å². The van der Waals surface area contributed by atoms with E-state index in [1.165, 1.54) is 12.1 Å². The minimum absolute atomic E-state index is 0. The van der Waals surface area contributed by atoms with E-state index in [1.807, 2.05) is 4.90 Å². The van der Waals surface area contributed by atoms with Crippen LogP contribution in [0.15, 0.2) is 18.2 Å². The highest BCUT2D eigenvalue weighted by Gasteiger charge is 2.32. The Balaban J connectivity index is 0.00000242. The van der Waals surface area contributed by atoms with Gasteiger partial charge in [-0.1, -0.05) is 23.7 Å². The quantitative estimate of drug-likeness (QED) is 0.809. The summed E-state index contributed by atoms with van der Waals surface area (Å²) in [6.07, 6.45) is -5.35. The van der Waals surface area contributed by atoms with Gasteiger partial charge in [0, 0.05) is 44.2 Å². The molecule has 1 atom stereocenters. The summed E-state index contributed by atoms with van der Waals surface area (Å²) in [6.45, 7) is 2.55. The van der Waals surface area contributed by atoms with Crippen LogP contribution in [-0.4, -0.2) is 37.3 Å². The number of rotatable bonds is 4. The van der Waals surface area contributed by atoms with Crippen molar-refractivity contribution in [3.05, 3.63) is 34.6 Å². The monoisotopic (exact) mass is 360 g/mol. The van der Waals surface area contributed by atoms with Crippen LogP contribution in [0.2, 0.25) is 5.02 Å². The molecule has 8 heteroatoms. The van der Waals surface area contributed by atoms with Crippen LogP contribution in [0.3, 0.4) is 0 Å². The normalized spacial score (nSPS) is 17.9. The van der Waals surface area contributed by atoms with Gasteiger partial charge in [0.15, 0.2) is 0 Å². The smallest absolute Gasteiger partial charge is 0.314 e. The highest BCUT2D eigenvalue weighted by Crippen LogP contribution is 2.34. The van der Waals surface area contributed by atoms with Crippen LogP contribution in [0.25, 0.3) is 0 Å². The van der Waals surface area contributed by atoms with E-state index in [2.05, 4.69) is 5.32 Å². The van der Waals surface area contributed by atoms with Gasteiger partial charge in [-0.05, 0) is 12.5 Å². The number of hydrogen-bond donors (Lipinski definition) is 1. The fourth-order valence-electron chi connectivity index (χ4n) is 2.61. The Morgan fingerprint density at radius 3 is 2.45 bits per heavy atom. The molecule has 1 aliphatic rings. The van der Waals surface area contributed by atoms with Gasteiger partial charge in [0.25, 0.3) is 0 Å². The Morgan fingerprint density at radius 1 is 1.23 bits per heavy atom. The molecule has 1 fully saturated rings. The SMILES string of the molecule is Cl.Fc1c(Cl)cccc1[C@H](CCC(F)(F)F)N1CCNCC1. The van der Waals surface area contributed by atoms with Crippen molar-refractivity contribution in [2.45, 2.75) is 25.1 Å². The zero-order valence-corrected chi connectivity index (χ0v) is 13.4. The summed E-state index contributed by atoms with van der Waals surface area (Å²) in [7, 11) is 0. The fourth-order valence-corrected chi connectivity index (χ4v) is 2.79. The molecule has 1 aliphatic heterocycles. The number of nitrogens with zero attached hydrogens (tertiary/aromatic N) is 1. The van der Waals surface area contributed by atoms with E-state index in [0.717, 1.165) is 0 Å². The molecule has 0 spiro atoms.